The lowest BCUT2D eigenvalue weighted by Gasteiger charge is -2.14. The van der Waals surface area contributed by atoms with Crippen LogP contribution >= 0.6 is 0 Å². The first kappa shape index (κ1) is 19.6. The molecular weight excluding hydrogens is 330 g/mol. The van der Waals surface area contributed by atoms with Gasteiger partial charge in [-0.2, -0.15) is 0 Å². The zero-order valence-corrected chi connectivity index (χ0v) is 16.1. The molecule has 2 aromatic rings. The van der Waals surface area contributed by atoms with Crippen molar-refractivity contribution in [1.82, 2.24) is 0 Å². The van der Waals surface area contributed by atoms with Crippen LogP contribution in [0.2, 0.25) is 0 Å². The van der Waals surface area contributed by atoms with Crippen molar-refractivity contribution in [3.63, 3.8) is 0 Å². The summed E-state index contributed by atoms with van der Waals surface area (Å²) >= 11 is 0. The van der Waals surface area contributed by atoms with Crippen LogP contribution < -0.4 is 19.5 Å². The number of hydrogen-bond acceptors (Lipinski definition) is 4. The topological polar surface area (TPSA) is 56.8 Å². The van der Waals surface area contributed by atoms with E-state index >= 15 is 0 Å². The first-order chi connectivity index (χ1) is 12.4. The number of anilines is 1. The Kier molecular flexibility index (Phi) is 6.89. The Morgan fingerprint density at radius 2 is 1.65 bits per heavy atom. The van der Waals surface area contributed by atoms with Gasteiger partial charge in [-0.1, -0.05) is 13.8 Å². The van der Waals surface area contributed by atoms with Crippen LogP contribution in [0.4, 0.5) is 5.69 Å². The zero-order valence-electron chi connectivity index (χ0n) is 16.1. The average Bonchev–Trinajstić information content (AvgIpc) is 2.63. The maximum absolute atomic E-state index is 12.5. The fourth-order valence-corrected chi connectivity index (χ4v) is 2.42. The van der Waals surface area contributed by atoms with E-state index in [1.807, 2.05) is 25.1 Å². The standard InChI is InChI=1S/C21H27NO4/c1-14(2)10-11-26-17-8-6-16(7-9-17)21(23)22-18-13-20(25-5)19(24-4)12-15(18)3/h6-9,12-14H,10-11H2,1-5H3,(H,22,23). The Labute approximate surface area is 155 Å². The summed E-state index contributed by atoms with van der Waals surface area (Å²) in [7, 11) is 3.15. The van der Waals surface area contributed by atoms with Crippen LogP contribution in [0.1, 0.15) is 36.2 Å². The van der Waals surface area contributed by atoms with Gasteiger partial charge in [0.2, 0.25) is 0 Å². The summed E-state index contributed by atoms with van der Waals surface area (Å²) in [5.74, 6) is 2.39. The van der Waals surface area contributed by atoms with Crippen molar-refractivity contribution >= 4 is 11.6 Å². The fourth-order valence-electron chi connectivity index (χ4n) is 2.42. The third-order valence-electron chi connectivity index (χ3n) is 4.06. The number of hydrogen-bond donors (Lipinski definition) is 1. The smallest absolute Gasteiger partial charge is 0.255 e. The third-order valence-corrected chi connectivity index (χ3v) is 4.06. The Hall–Kier alpha value is -2.69. The van der Waals surface area contributed by atoms with Crippen molar-refractivity contribution in [3.05, 3.63) is 47.5 Å². The molecule has 0 atom stereocenters. The molecule has 0 aliphatic heterocycles. The van der Waals surface area contributed by atoms with Crippen molar-refractivity contribution < 1.29 is 19.0 Å². The number of amides is 1. The molecule has 26 heavy (non-hydrogen) atoms. The van der Waals surface area contributed by atoms with Crippen LogP contribution in [0.15, 0.2) is 36.4 Å². The van der Waals surface area contributed by atoms with Crippen LogP contribution in [0.25, 0.3) is 0 Å². The normalized spacial score (nSPS) is 10.5. The lowest BCUT2D eigenvalue weighted by molar-refractivity contribution is 0.102. The summed E-state index contributed by atoms with van der Waals surface area (Å²) in [4.78, 5) is 12.5. The lowest BCUT2D eigenvalue weighted by Crippen LogP contribution is -2.13. The molecule has 0 saturated carbocycles. The van der Waals surface area contributed by atoms with Crippen molar-refractivity contribution in [3.8, 4) is 17.2 Å². The minimum Gasteiger partial charge on any atom is -0.494 e. The van der Waals surface area contributed by atoms with Crippen LogP contribution in [0, 0.1) is 12.8 Å². The summed E-state index contributed by atoms with van der Waals surface area (Å²) in [6, 6.07) is 10.7. The largest absolute Gasteiger partial charge is 0.494 e. The van der Waals surface area contributed by atoms with E-state index in [1.54, 1.807) is 32.4 Å². The molecule has 140 valence electrons. The highest BCUT2D eigenvalue weighted by atomic mass is 16.5. The molecule has 0 aliphatic rings. The molecule has 5 heteroatoms. The van der Waals surface area contributed by atoms with Gasteiger partial charge in [-0.25, -0.2) is 0 Å². The first-order valence-corrected chi connectivity index (χ1v) is 8.71. The molecular formula is C21H27NO4. The van der Waals surface area contributed by atoms with E-state index < -0.39 is 0 Å². The van der Waals surface area contributed by atoms with Crippen molar-refractivity contribution in [1.29, 1.82) is 0 Å². The molecule has 0 unspecified atom stereocenters. The van der Waals surface area contributed by atoms with Gasteiger partial charge in [0.05, 0.1) is 20.8 Å². The summed E-state index contributed by atoms with van der Waals surface area (Å²) in [6.07, 6.45) is 1.00. The lowest BCUT2D eigenvalue weighted by atomic mass is 10.1. The zero-order chi connectivity index (χ0) is 19.1. The Balaban J connectivity index is 2.05. The fraction of sp³-hybridized carbons (Fsp3) is 0.381. The predicted molar refractivity (Wildman–Crippen MR) is 104 cm³/mol. The maximum atomic E-state index is 12.5. The van der Waals surface area contributed by atoms with Crippen molar-refractivity contribution in [2.24, 2.45) is 5.92 Å². The second kappa shape index (κ2) is 9.13. The molecule has 0 aromatic heterocycles. The van der Waals surface area contributed by atoms with E-state index in [-0.39, 0.29) is 5.91 Å². The van der Waals surface area contributed by atoms with E-state index in [9.17, 15) is 4.79 Å². The quantitative estimate of drug-likeness (QED) is 0.745. The average molecular weight is 357 g/mol. The Morgan fingerprint density at radius 3 is 2.23 bits per heavy atom. The monoisotopic (exact) mass is 357 g/mol. The summed E-state index contributed by atoms with van der Waals surface area (Å²) in [5.41, 5.74) is 2.14. The molecule has 0 radical (unpaired) electrons. The highest BCUT2D eigenvalue weighted by molar-refractivity contribution is 6.04. The number of carbonyl (C=O) groups is 1. The molecule has 0 bridgehead atoms. The number of methoxy groups -OCH3 is 2. The number of carbonyl (C=O) groups excluding carboxylic acids is 1. The van der Waals surface area contributed by atoms with Gasteiger partial charge in [-0.05, 0) is 55.2 Å². The third kappa shape index (κ3) is 5.15. The van der Waals surface area contributed by atoms with Crippen LogP contribution in [-0.2, 0) is 0 Å². The molecule has 1 amide bonds. The minimum atomic E-state index is -0.186. The van der Waals surface area contributed by atoms with Crippen molar-refractivity contribution in [2.45, 2.75) is 27.2 Å². The molecule has 0 fully saturated rings. The van der Waals surface area contributed by atoms with Gasteiger partial charge < -0.3 is 19.5 Å². The molecule has 2 rings (SSSR count). The summed E-state index contributed by atoms with van der Waals surface area (Å²) < 4.78 is 16.2. The van der Waals surface area contributed by atoms with Gasteiger partial charge in [0.1, 0.15) is 5.75 Å². The van der Waals surface area contributed by atoms with Gasteiger partial charge in [0.15, 0.2) is 11.5 Å². The highest BCUT2D eigenvalue weighted by Crippen LogP contribution is 2.33. The summed E-state index contributed by atoms with van der Waals surface area (Å²) in [5, 5.41) is 2.91. The van der Waals surface area contributed by atoms with Gasteiger partial charge in [0.25, 0.3) is 5.91 Å². The Morgan fingerprint density at radius 1 is 1.04 bits per heavy atom. The van der Waals surface area contributed by atoms with Gasteiger partial charge >= 0.3 is 0 Å². The predicted octanol–water partition coefficient (Wildman–Crippen LogP) is 4.69. The number of nitrogens with one attached hydrogen (secondary N) is 1. The second-order valence-corrected chi connectivity index (χ2v) is 6.53. The molecule has 2 aromatic carbocycles. The first-order valence-electron chi connectivity index (χ1n) is 8.71. The van der Waals surface area contributed by atoms with E-state index in [4.69, 9.17) is 14.2 Å². The minimum absolute atomic E-state index is 0.186. The van der Waals surface area contributed by atoms with E-state index in [0.29, 0.717) is 35.3 Å². The van der Waals surface area contributed by atoms with E-state index in [1.165, 1.54) is 0 Å². The van der Waals surface area contributed by atoms with Crippen LogP contribution in [-0.4, -0.2) is 26.7 Å². The molecule has 0 spiro atoms. The van der Waals surface area contributed by atoms with Gasteiger partial charge in [0, 0.05) is 17.3 Å². The van der Waals surface area contributed by atoms with Crippen LogP contribution in [0.3, 0.4) is 0 Å². The molecule has 5 nitrogen and oxygen atoms in total. The highest BCUT2D eigenvalue weighted by Gasteiger charge is 2.12. The SMILES string of the molecule is COc1cc(C)c(NC(=O)c2ccc(OCCC(C)C)cc2)cc1OC. The second-order valence-electron chi connectivity index (χ2n) is 6.53. The molecule has 0 saturated heterocycles. The molecule has 0 aliphatic carbocycles. The van der Waals surface area contributed by atoms with Crippen molar-refractivity contribution in [2.75, 3.05) is 26.1 Å². The summed E-state index contributed by atoms with van der Waals surface area (Å²) in [6.45, 7) is 6.90. The number of rotatable bonds is 8. The maximum Gasteiger partial charge on any atom is 0.255 e. The van der Waals surface area contributed by atoms with Gasteiger partial charge in [-0.15, -0.1) is 0 Å². The Bertz CT molecular complexity index is 738. The molecule has 1 N–H and O–H groups in total. The molecule has 0 heterocycles. The number of benzene rings is 2. The van der Waals surface area contributed by atoms with Gasteiger partial charge in [-0.3, -0.25) is 4.79 Å². The van der Waals surface area contributed by atoms with E-state index in [2.05, 4.69) is 19.2 Å². The van der Waals surface area contributed by atoms with E-state index in [0.717, 1.165) is 17.7 Å². The van der Waals surface area contributed by atoms with Crippen LogP contribution in [0.5, 0.6) is 17.2 Å². The number of aryl methyl sites for hydroxylation is 1. The number of ether oxygens (including phenoxy) is 3.